The van der Waals surface area contributed by atoms with Crippen molar-refractivity contribution in [1.82, 2.24) is 0 Å². The van der Waals surface area contributed by atoms with Gasteiger partial charge in [-0.05, 0) is 25.7 Å². The SMILES string of the molecule is C[N+]1(CCCCCCCCCCC(=O)[O-])CCCC1.[Na+]. The van der Waals surface area contributed by atoms with E-state index in [4.69, 9.17) is 0 Å². The molecule has 3 nitrogen and oxygen atoms in total. The van der Waals surface area contributed by atoms with Gasteiger partial charge in [0.1, 0.15) is 0 Å². The predicted molar refractivity (Wildman–Crippen MR) is 76.6 cm³/mol. The first-order valence-corrected chi connectivity index (χ1v) is 8.16. The van der Waals surface area contributed by atoms with E-state index in [0.29, 0.717) is 0 Å². The number of rotatable bonds is 11. The maximum absolute atomic E-state index is 10.2. The van der Waals surface area contributed by atoms with Gasteiger partial charge in [-0.3, -0.25) is 0 Å². The van der Waals surface area contributed by atoms with Crippen LogP contribution in [-0.4, -0.2) is 37.1 Å². The number of likely N-dealkylation sites (tertiary alicyclic amines) is 1. The average Bonchev–Trinajstić information content (AvgIpc) is 2.78. The van der Waals surface area contributed by atoms with E-state index in [1.54, 1.807) is 0 Å². The molecular weight excluding hydrogens is 261 g/mol. The fourth-order valence-electron chi connectivity index (χ4n) is 3.15. The maximum atomic E-state index is 10.2. The van der Waals surface area contributed by atoms with Crippen LogP contribution in [0.3, 0.4) is 0 Å². The molecule has 0 aliphatic carbocycles. The zero-order chi connectivity index (χ0) is 14.0. The summed E-state index contributed by atoms with van der Waals surface area (Å²) in [5.41, 5.74) is 0. The van der Waals surface area contributed by atoms with Crippen LogP contribution in [0.15, 0.2) is 0 Å². The number of carbonyl (C=O) groups is 1. The van der Waals surface area contributed by atoms with Crippen LogP contribution in [0.1, 0.15) is 70.6 Å². The molecule has 0 spiro atoms. The third kappa shape index (κ3) is 10.2. The molecule has 112 valence electrons. The van der Waals surface area contributed by atoms with Gasteiger partial charge in [-0.1, -0.05) is 32.1 Å². The van der Waals surface area contributed by atoms with Gasteiger partial charge in [-0.2, -0.15) is 0 Å². The molecule has 20 heavy (non-hydrogen) atoms. The summed E-state index contributed by atoms with van der Waals surface area (Å²) in [5.74, 6) is -0.904. The van der Waals surface area contributed by atoms with Crippen molar-refractivity contribution in [3.05, 3.63) is 0 Å². The Hall–Kier alpha value is 0.430. The molecule has 0 unspecified atom stereocenters. The molecule has 4 heteroatoms. The Bertz CT molecular complexity index is 253. The largest absolute Gasteiger partial charge is 1.00 e. The molecule has 0 N–H and O–H groups in total. The smallest absolute Gasteiger partial charge is 0.550 e. The van der Waals surface area contributed by atoms with Crippen molar-refractivity contribution in [3.63, 3.8) is 0 Å². The fraction of sp³-hybridized carbons (Fsp3) is 0.938. The van der Waals surface area contributed by atoms with Crippen molar-refractivity contribution in [2.45, 2.75) is 70.6 Å². The van der Waals surface area contributed by atoms with Crippen LogP contribution in [0, 0.1) is 0 Å². The van der Waals surface area contributed by atoms with Crippen LogP contribution in [-0.2, 0) is 4.79 Å². The molecule has 0 amide bonds. The Kier molecular flexibility index (Phi) is 12.3. The quantitative estimate of drug-likeness (QED) is 0.292. The van der Waals surface area contributed by atoms with Crippen molar-refractivity contribution in [3.8, 4) is 0 Å². The molecule has 1 saturated heterocycles. The van der Waals surface area contributed by atoms with Gasteiger partial charge in [0.15, 0.2) is 0 Å². The summed E-state index contributed by atoms with van der Waals surface area (Å²) in [5, 5.41) is 10.2. The van der Waals surface area contributed by atoms with E-state index in [-0.39, 0.29) is 36.0 Å². The molecule has 1 heterocycles. The normalized spacial score (nSPS) is 16.9. The third-order valence-corrected chi connectivity index (χ3v) is 4.47. The molecular formula is C16H31NNaO2+. The summed E-state index contributed by atoms with van der Waals surface area (Å²) in [6.45, 7) is 4.14. The van der Waals surface area contributed by atoms with Crippen molar-refractivity contribution in [1.29, 1.82) is 0 Å². The molecule has 1 rings (SSSR count). The predicted octanol–water partition coefficient (Wildman–Crippen LogP) is -0.508. The zero-order valence-corrected chi connectivity index (χ0v) is 15.7. The minimum atomic E-state index is -0.904. The minimum absolute atomic E-state index is 0. The Balaban J connectivity index is 0.00000361. The molecule has 0 aromatic carbocycles. The average molecular weight is 292 g/mol. The van der Waals surface area contributed by atoms with Crippen LogP contribution < -0.4 is 34.7 Å². The second-order valence-electron chi connectivity index (χ2n) is 6.45. The number of carboxylic acid groups (broad SMARTS) is 1. The van der Waals surface area contributed by atoms with Crippen LogP contribution in [0.4, 0.5) is 0 Å². The third-order valence-electron chi connectivity index (χ3n) is 4.47. The molecule has 0 radical (unpaired) electrons. The Labute approximate surface area is 147 Å². The summed E-state index contributed by atoms with van der Waals surface area (Å²) in [6, 6.07) is 0. The molecule has 1 aliphatic rings. The second-order valence-corrected chi connectivity index (χ2v) is 6.45. The summed E-state index contributed by atoms with van der Waals surface area (Å²) in [4.78, 5) is 10.2. The van der Waals surface area contributed by atoms with Crippen molar-refractivity contribution in [2.75, 3.05) is 26.7 Å². The number of hydrogen-bond donors (Lipinski definition) is 0. The van der Waals surface area contributed by atoms with E-state index in [1.807, 2.05) is 0 Å². The van der Waals surface area contributed by atoms with Gasteiger partial charge >= 0.3 is 29.6 Å². The molecule has 0 bridgehead atoms. The Morgan fingerprint density at radius 3 is 1.85 bits per heavy atom. The number of hydrogen-bond acceptors (Lipinski definition) is 2. The summed E-state index contributed by atoms with van der Waals surface area (Å²) in [6.07, 6.45) is 12.8. The van der Waals surface area contributed by atoms with Crippen LogP contribution in [0.2, 0.25) is 0 Å². The summed E-state index contributed by atoms with van der Waals surface area (Å²) < 4.78 is 1.31. The van der Waals surface area contributed by atoms with Gasteiger partial charge in [-0.15, -0.1) is 0 Å². The molecule has 0 saturated carbocycles. The van der Waals surface area contributed by atoms with E-state index in [1.165, 1.54) is 75.5 Å². The van der Waals surface area contributed by atoms with Gasteiger partial charge in [0.25, 0.3) is 0 Å². The molecule has 0 aromatic rings. The first kappa shape index (κ1) is 20.4. The van der Waals surface area contributed by atoms with E-state index in [0.717, 1.165) is 12.8 Å². The number of carboxylic acids is 1. The Morgan fingerprint density at radius 1 is 0.900 bits per heavy atom. The van der Waals surface area contributed by atoms with E-state index >= 15 is 0 Å². The topological polar surface area (TPSA) is 40.1 Å². The van der Waals surface area contributed by atoms with Crippen LogP contribution in [0.5, 0.6) is 0 Å². The van der Waals surface area contributed by atoms with Gasteiger partial charge in [0.05, 0.1) is 26.7 Å². The fourth-order valence-corrected chi connectivity index (χ4v) is 3.15. The standard InChI is InChI=1S/C16H31NO2.Na/c1-17(14-10-11-15-17)13-9-7-5-3-2-4-6-8-12-16(18)19;/h2-15H2,1H3;/q;+1. The monoisotopic (exact) mass is 292 g/mol. The van der Waals surface area contributed by atoms with Crippen molar-refractivity contribution in [2.24, 2.45) is 0 Å². The zero-order valence-electron chi connectivity index (χ0n) is 13.7. The second kappa shape index (κ2) is 12.0. The molecule has 1 aliphatic heterocycles. The minimum Gasteiger partial charge on any atom is -0.550 e. The van der Waals surface area contributed by atoms with Crippen molar-refractivity contribution < 1.29 is 43.9 Å². The molecule has 1 fully saturated rings. The Morgan fingerprint density at radius 2 is 1.35 bits per heavy atom. The first-order chi connectivity index (χ1) is 9.12. The number of carbonyl (C=O) groups excluding carboxylic acids is 1. The van der Waals surface area contributed by atoms with Crippen LogP contribution >= 0.6 is 0 Å². The van der Waals surface area contributed by atoms with Gasteiger partial charge in [0, 0.05) is 18.8 Å². The van der Waals surface area contributed by atoms with E-state index < -0.39 is 5.97 Å². The molecule has 0 aromatic heterocycles. The van der Waals surface area contributed by atoms with Gasteiger partial charge in [-0.25, -0.2) is 0 Å². The maximum Gasteiger partial charge on any atom is 1.00 e. The summed E-state index contributed by atoms with van der Waals surface area (Å²) in [7, 11) is 2.41. The van der Waals surface area contributed by atoms with E-state index in [9.17, 15) is 9.90 Å². The number of unbranched alkanes of at least 4 members (excludes halogenated alkanes) is 7. The molecule has 0 atom stereocenters. The van der Waals surface area contributed by atoms with Crippen LogP contribution in [0.25, 0.3) is 0 Å². The number of aliphatic carboxylic acids is 1. The van der Waals surface area contributed by atoms with E-state index in [2.05, 4.69) is 7.05 Å². The number of nitrogens with zero attached hydrogens (tertiary/aromatic N) is 1. The first-order valence-electron chi connectivity index (χ1n) is 8.16. The van der Waals surface area contributed by atoms with Crippen molar-refractivity contribution >= 4 is 5.97 Å². The summed E-state index contributed by atoms with van der Waals surface area (Å²) >= 11 is 0. The van der Waals surface area contributed by atoms with Gasteiger partial charge in [0.2, 0.25) is 0 Å². The van der Waals surface area contributed by atoms with Gasteiger partial charge < -0.3 is 14.4 Å². The number of quaternary nitrogens is 1.